The number of benzene rings is 1. The van der Waals surface area contributed by atoms with Crippen LogP contribution in [0.1, 0.15) is 32.3 Å². The van der Waals surface area contributed by atoms with Crippen LogP contribution in [-0.4, -0.2) is 15.9 Å². The normalized spacial score (nSPS) is 11.4. The minimum absolute atomic E-state index is 0.331. The van der Waals surface area contributed by atoms with Gasteiger partial charge in [-0.3, -0.25) is 4.79 Å². The molecule has 4 nitrogen and oxygen atoms in total. The number of aromatic amines is 1. The van der Waals surface area contributed by atoms with Crippen molar-refractivity contribution in [2.24, 2.45) is 0 Å². The minimum atomic E-state index is -0.369. The van der Waals surface area contributed by atoms with Crippen LogP contribution in [0, 0.1) is 0 Å². The molecule has 0 amide bonds. The number of ether oxygens (including phenoxy) is 1. The van der Waals surface area contributed by atoms with E-state index < -0.39 is 0 Å². The summed E-state index contributed by atoms with van der Waals surface area (Å²) in [6.45, 7) is 5.71. The van der Waals surface area contributed by atoms with E-state index >= 15 is 0 Å². The second-order valence-electron chi connectivity index (χ2n) is 5.22. The Balaban J connectivity index is 2.28. The fraction of sp³-hybridized carbons (Fsp3) is 0.250. The van der Waals surface area contributed by atoms with Crippen molar-refractivity contribution < 1.29 is 9.53 Å². The summed E-state index contributed by atoms with van der Waals surface area (Å²) in [5.41, 5.74) is 3.06. The van der Waals surface area contributed by atoms with Crippen LogP contribution in [0.4, 0.5) is 0 Å². The average molecular weight is 268 g/mol. The van der Waals surface area contributed by atoms with Gasteiger partial charge < -0.3 is 9.72 Å². The summed E-state index contributed by atoms with van der Waals surface area (Å²) in [5.74, 6) is 0.433. The smallest absolute Gasteiger partial charge is 0.309 e. The Morgan fingerprint density at radius 2 is 2.05 bits per heavy atom. The van der Waals surface area contributed by atoms with Crippen LogP contribution in [0.3, 0.4) is 0 Å². The maximum absolute atomic E-state index is 11.1. The predicted molar refractivity (Wildman–Crippen MR) is 79.0 cm³/mol. The maximum atomic E-state index is 11.1. The third-order valence-corrected chi connectivity index (χ3v) is 3.42. The van der Waals surface area contributed by atoms with E-state index in [2.05, 4.69) is 42.0 Å². The highest BCUT2D eigenvalue weighted by Gasteiger charge is 2.12. The van der Waals surface area contributed by atoms with Crippen molar-refractivity contribution in [2.45, 2.75) is 26.7 Å². The number of pyridine rings is 1. The molecule has 4 heteroatoms. The molecule has 0 saturated heterocycles. The molecule has 0 aliphatic rings. The Kier molecular flexibility index (Phi) is 2.93. The molecule has 2 heterocycles. The Morgan fingerprint density at radius 3 is 2.75 bits per heavy atom. The lowest BCUT2D eigenvalue weighted by molar-refractivity contribution is -0.132. The quantitative estimate of drug-likeness (QED) is 0.720. The van der Waals surface area contributed by atoms with Crippen molar-refractivity contribution in [3.63, 3.8) is 0 Å². The van der Waals surface area contributed by atoms with Gasteiger partial charge in [0.1, 0.15) is 5.52 Å². The lowest BCUT2D eigenvalue weighted by Crippen LogP contribution is -2.03. The molecule has 20 heavy (non-hydrogen) atoms. The van der Waals surface area contributed by atoms with E-state index in [1.165, 1.54) is 12.5 Å². The van der Waals surface area contributed by atoms with Crippen molar-refractivity contribution in [3.05, 3.63) is 36.0 Å². The van der Waals surface area contributed by atoms with Crippen molar-refractivity contribution >= 4 is 27.8 Å². The number of nitrogens with zero attached hydrogens (tertiary/aromatic N) is 1. The first-order valence-electron chi connectivity index (χ1n) is 6.65. The summed E-state index contributed by atoms with van der Waals surface area (Å²) in [4.78, 5) is 18.5. The van der Waals surface area contributed by atoms with Crippen LogP contribution in [0.15, 0.2) is 30.5 Å². The van der Waals surface area contributed by atoms with Crippen molar-refractivity contribution in [1.29, 1.82) is 0 Å². The molecular weight excluding hydrogens is 252 g/mol. The standard InChI is InChI=1S/C16H16N2O2/c1-9(2)11-4-5-14-13(8-11)12-6-7-17-16(15(12)18-14)20-10(3)19/h4-9,18H,1-3H3. The van der Waals surface area contributed by atoms with E-state index in [1.54, 1.807) is 6.20 Å². The SMILES string of the molecule is CC(=O)Oc1nccc2c1[nH]c1ccc(C(C)C)cc12. The molecule has 1 aromatic carbocycles. The largest absolute Gasteiger partial charge is 0.405 e. The lowest BCUT2D eigenvalue weighted by atomic mass is 10.0. The summed E-state index contributed by atoms with van der Waals surface area (Å²) in [6.07, 6.45) is 1.66. The fourth-order valence-electron chi connectivity index (χ4n) is 2.39. The molecule has 3 aromatic rings. The number of H-pyrrole nitrogens is 1. The summed E-state index contributed by atoms with van der Waals surface area (Å²) in [6, 6.07) is 8.28. The zero-order valence-corrected chi connectivity index (χ0v) is 11.7. The third kappa shape index (κ3) is 2.03. The topological polar surface area (TPSA) is 55.0 Å². The molecule has 0 unspecified atom stereocenters. The fourth-order valence-corrected chi connectivity index (χ4v) is 2.39. The molecule has 0 fully saturated rings. The molecule has 0 saturated carbocycles. The van der Waals surface area contributed by atoms with Crippen LogP contribution < -0.4 is 4.74 Å². The number of aromatic nitrogens is 2. The monoisotopic (exact) mass is 268 g/mol. The third-order valence-electron chi connectivity index (χ3n) is 3.42. The highest BCUT2D eigenvalue weighted by Crippen LogP contribution is 2.32. The molecule has 1 N–H and O–H groups in total. The Bertz CT molecular complexity index is 803. The number of nitrogens with one attached hydrogen (secondary N) is 1. The second-order valence-corrected chi connectivity index (χ2v) is 5.22. The molecule has 0 atom stereocenters. The van der Waals surface area contributed by atoms with Crippen LogP contribution >= 0.6 is 0 Å². The zero-order valence-electron chi connectivity index (χ0n) is 11.7. The van der Waals surface area contributed by atoms with Gasteiger partial charge in [-0.2, -0.15) is 0 Å². The minimum Gasteiger partial charge on any atom is -0.405 e. The van der Waals surface area contributed by atoms with Crippen LogP contribution in [0.2, 0.25) is 0 Å². The Morgan fingerprint density at radius 1 is 1.25 bits per heavy atom. The van der Waals surface area contributed by atoms with Crippen LogP contribution in [0.5, 0.6) is 5.88 Å². The molecule has 0 radical (unpaired) electrons. The van der Waals surface area contributed by atoms with Crippen LogP contribution in [0.25, 0.3) is 21.8 Å². The number of esters is 1. The van der Waals surface area contributed by atoms with Gasteiger partial charge in [-0.1, -0.05) is 19.9 Å². The number of carbonyl (C=O) groups excluding carboxylic acids is 1. The number of carbonyl (C=O) groups is 1. The molecule has 0 aliphatic carbocycles. The van der Waals surface area contributed by atoms with Crippen molar-refractivity contribution in [1.82, 2.24) is 9.97 Å². The molecule has 2 aromatic heterocycles. The summed E-state index contributed by atoms with van der Waals surface area (Å²) < 4.78 is 5.15. The number of rotatable bonds is 2. The number of hydrogen-bond donors (Lipinski definition) is 1. The van der Waals surface area contributed by atoms with Gasteiger partial charge in [0, 0.05) is 29.4 Å². The first kappa shape index (κ1) is 12.7. The molecule has 102 valence electrons. The van der Waals surface area contributed by atoms with Gasteiger partial charge in [0.15, 0.2) is 0 Å². The molecular formula is C16H16N2O2. The van der Waals surface area contributed by atoms with Gasteiger partial charge in [-0.05, 0) is 29.7 Å². The first-order valence-corrected chi connectivity index (χ1v) is 6.65. The molecule has 0 aliphatic heterocycles. The molecule has 0 bridgehead atoms. The summed E-state index contributed by atoms with van der Waals surface area (Å²) in [7, 11) is 0. The van der Waals surface area contributed by atoms with E-state index in [0.29, 0.717) is 11.8 Å². The van der Waals surface area contributed by atoms with Gasteiger partial charge >= 0.3 is 5.97 Å². The Hall–Kier alpha value is -2.36. The van der Waals surface area contributed by atoms with Crippen molar-refractivity contribution in [2.75, 3.05) is 0 Å². The van der Waals surface area contributed by atoms with Gasteiger partial charge in [0.05, 0.1) is 0 Å². The summed E-state index contributed by atoms with van der Waals surface area (Å²) >= 11 is 0. The second kappa shape index (κ2) is 4.63. The summed E-state index contributed by atoms with van der Waals surface area (Å²) in [5, 5.41) is 2.15. The van der Waals surface area contributed by atoms with Gasteiger partial charge in [-0.25, -0.2) is 4.98 Å². The first-order chi connectivity index (χ1) is 9.56. The van der Waals surface area contributed by atoms with E-state index in [-0.39, 0.29) is 5.97 Å². The maximum Gasteiger partial charge on any atom is 0.309 e. The zero-order chi connectivity index (χ0) is 14.3. The van der Waals surface area contributed by atoms with E-state index in [1.807, 2.05) is 6.07 Å². The number of fused-ring (bicyclic) bond motifs is 3. The van der Waals surface area contributed by atoms with Gasteiger partial charge in [-0.15, -0.1) is 0 Å². The highest BCUT2D eigenvalue weighted by molar-refractivity contribution is 6.09. The molecule has 0 spiro atoms. The van der Waals surface area contributed by atoms with E-state index in [9.17, 15) is 4.79 Å². The van der Waals surface area contributed by atoms with Gasteiger partial charge in [0.25, 0.3) is 0 Å². The molecule has 3 rings (SSSR count). The predicted octanol–water partition coefficient (Wildman–Crippen LogP) is 3.76. The van der Waals surface area contributed by atoms with Crippen LogP contribution in [-0.2, 0) is 4.79 Å². The van der Waals surface area contributed by atoms with Crippen molar-refractivity contribution in [3.8, 4) is 5.88 Å². The average Bonchev–Trinajstić information content (AvgIpc) is 2.77. The number of hydrogen-bond acceptors (Lipinski definition) is 3. The van der Waals surface area contributed by atoms with E-state index in [4.69, 9.17) is 4.74 Å². The highest BCUT2D eigenvalue weighted by atomic mass is 16.5. The lowest BCUT2D eigenvalue weighted by Gasteiger charge is -2.04. The van der Waals surface area contributed by atoms with E-state index in [0.717, 1.165) is 21.8 Å². The Labute approximate surface area is 116 Å². The van der Waals surface area contributed by atoms with Gasteiger partial charge in [0.2, 0.25) is 5.88 Å².